The third-order valence-corrected chi connectivity index (χ3v) is 6.31. The smallest absolute Gasteiger partial charge is 0.310 e. The van der Waals surface area contributed by atoms with Gasteiger partial charge in [-0.3, -0.25) is 14.5 Å². The van der Waals surface area contributed by atoms with E-state index in [-0.39, 0.29) is 36.2 Å². The van der Waals surface area contributed by atoms with Crippen molar-refractivity contribution in [2.45, 2.75) is 32.2 Å². The Morgan fingerprint density at radius 2 is 1.97 bits per heavy atom. The first-order valence-electron chi connectivity index (χ1n) is 11.7. The number of methoxy groups -OCH3 is 1. The van der Waals surface area contributed by atoms with E-state index in [2.05, 4.69) is 5.10 Å². The lowest BCUT2D eigenvalue weighted by Gasteiger charge is -2.32. The number of nitrogens with zero attached hydrogens (tertiary/aromatic N) is 3. The standard InChI is InChI=1S/C26H30FN3O4/c1-3-34-26(32)20-7-5-13-29(16-20)17-25(31)30-24(18-9-11-22(33-2)12-10-18)15-23(28-30)19-6-4-8-21(27)14-19/h4,6,8-12,14,20,24H,3,5,7,13,15-17H2,1-2H3/t20-,24-/m1/s1. The van der Waals surface area contributed by atoms with E-state index >= 15 is 0 Å². The number of hydrogen-bond acceptors (Lipinski definition) is 6. The summed E-state index contributed by atoms with van der Waals surface area (Å²) in [6.07, 6.45) is 2.08. The number of hydrogen-bond donors (Lipinski definition) is 0. The molecule has 0 saturated carbocycles. The number of amides is 1. The van der Waals surface area contributed by atoms with Crippen molar-refractivity contribution in [1.29, 1.82) is 0 Å². The van der Waals surface area contributed by atoms with Crippen LogP contribution in [0.2, 0.25) is 0 Å². The van der Waals surface area contributed by atoms with Gasteiger partial charge >= 0.3 is 5.97 Å². The third kappa shape index (κ3) is 5.44. The Balaban J connectivity index is 1.54. The van der Waals surface area contributed by atoms with Crippen molar-refractivity contribution < 1.29 is 23.5 Å². The number of esters is 1. The van der Waals surface area contributed by atoms with Gasteiger partial charge < -0.3 is 9.47 Å². The maximum Gasteiger partial charge on any atom is 0.310 e. The molecule has 1 amide bonds. The van der Waals surface area contributed by atoms with E-state index in [4.69, 9.17) is 9.47 Å². The minimum absolute atomic E-state index is 0.155. The fourth-order valence-corrected chi connectivity index (χ4v) is 4.58. The maximum absolute atomic E-state index is 13.9. The van der Waals surface area contributed by atoms with E-state index < -0.39 is 0 Å². The van der Waals surface area contributed by atoms with E-state index in [1.807, 2.05) is 29.2 Å². The largest absolute Gasteiger partial charge is 0.497 e. The Morgan fingerprint density at radius 1 is 1.18 bits per heavy atom. The molecule has 2 aromatic carbocycles. The first kappa shape index (κ1) is 23.9. The van der Waals surface area contributed by atoms with Gasteiger partial charge in [-0.1, -0.05) is 24.3 Å². The van der Waals surface area contributed by atoms with Crippen LogP contribution in [-0.4, -0.2) is 60.8 Å². The first-order valence-corrected chi connectivity index (χ1v) is 11.7. The molecule has 0 aliphatic carbocycles. The van der Waals surface area contributed by atoms with Crippen molar-refractivity contribution >= 4 is 17.6 Å². The Labute approximate surface area is 199 Å². The van der Waals surface area contributed by atoms with Gasteiger partial charge in [-0.2, -0.15) is 5.10 Å². The van der Waals surface area contributed by atoms with Gasteiger partial charge in [0.25, 0.3) is 5.91 Å². The molecule has 8 heteroatoms. The zero-order chi connectivity index (χ0) is 24.1. The number of carbonyl (C=O) groups excluding carboxylic acids is 2. The highest BCUT2D eigenvalue weighted by Gasteiger charge is 2.35. The van der Waals surface area contributed by atoms with Crippen molar-refractivity contribution in [3.05, 3.63) is 65.5 Å². The summed E-state index contributed by atoms with van der Waals surface area (Å²) < 4.78 is 24.3. The Morgan fingerprint density at radius 3 is 2.68 bits per heavy atom. The summed E-state index contributed by atoms with van der Waals surface area (Å²) in [6.45, 7) is 3.53. The van der Waals surface area contributed by atoms with Gasteiger partial charge in [0.1, 0.15) is 11.6 Å². The van der Waals surface area contributed by atoms with Gasteiger partial charge in [-0.25, -0.2) is 9.40 Å². The summed E-state index contributed by atoms with van der Waals surface area (Å²) in [6, 6.07) is 13.5. The Hall–Kier alpha value is -3.26. The summed E-state index contributed by atoms with van der Waals surface area (Å²) >= 11 is 0. The topological polar surface area (TPSA) is 71.4 Å². The van der Waals surface area contributed by atoms with Gasteiger partial charge in [-0.15, -0.1) is 0 Å². The number of benzene rings is 2. The zero-order valence-electron chi connectivity index (χ0n) is 19.6. The van der Waals surface area contributed by atoms with E-state index in [0.717, 1.165) is 30.7 Å². The van der Waals surface area contributed by atoms with E-state index in [0.29, 0.717) is 30.8 Å². The van der Waals surface area contributed by atoms with E-state index in [1.165, 1.54) is 17.1 Å². The summed E-state index contributed by atoms with van der Waals surface area (Å²) in [5, 5.41) is 6.14. The Kier molecular flexibility index (Phi) is 7.57. The first-order chi connectivity index (χ1) is 16.5. The van der Waals surface area contributed by atoms with Gasteiger partial charge in [0.2, 0.25) is 0 Å². The zero-order valence-corrected chi connectivity index (χ0v) is 19.6. The second kappa shape index (κ2) is 10.8. The lowest BCUT2D eigenvalue weighted by atomic mass is 9.97. The lowest BCUT2D eigenvalue weighted by molar-refractivity contribution is -0.150. The molecule has 7 nitrogen and oxygen atoms in total. The van der Waals surface area contributed by atoms with Crippen LogP contribution in [0.3, 0.4) is 0 Å². The van der Waals surface area contributed by atoms with Crippen LogP contribution in [0, 0.1) is 11.7 Å². The fraction of sp³-hybridized carbons (Fsp3) is 0.423. The lowest BCUT2D eigenvalue weighted by Crippen LogP contribution is -2.44. The van der Waals surface area contributed by atoms with Crippen molar-refractivity contribution in [2.75, 3.05) is 33.4 Å². The predicted molar refractivity (Wildman–Crippen MR) is 126 cm³/mol. The molecule has 2 aliphatic rings. The van der Waals surface area contributed by atoms with Crippen LogP contribution in [-0.2, 0) is 14.3 Å². The molecule has 34 heavy (non-hydrogen) atoms. The number of likely N-dealkylation sites (tertiary alicyclic amines) is 1. The summed E-state index contributed by atoms with van der Waals surface area (Å²) in [5.41, 5.74) is 2.25. The second-order valence-corrected chi connectivity index (χ2v) is 8.61. The molecule has 2 heterocycles. The number of piperidine rings is 1. The highest BCUT2D eigenvalue weighted by atomic mass is 19.1. The molecule has 1 fully saturated rings. The highest BCUT2D eigenvalue weighted by molar-refractivity contribution is 6.03. The molecule has 0 unspecified atom stereocenters. The summed E-state index contributed by atoms with van der Waals surface area (Å²) in [5.74, 6) is -0.197. The predicted octanol–water partition coefficient (Wildman–Crippen LogP) is 3.79. The quantitative estimate of drug-likeness (QED) is 0.580. The van der Waals surface area contributed by atoms with Crippen LogP contribution in [0.25, 0.3) is 0 Å². The number of hydrazone groups is 1. The summed E-state index contributed by atoms with van der Waals surface area (Å²) in [7, 11) is 1.60. The molecule has 0 bridgehead atoms. The van der Waals surface area contributed by atoms with Crippen LogP contribution in [0.4, 0.5) is 4.39 Å². The van der Waals surface area contributed by atoms with Crippen molar-refractivity contribution in [1.82, 2.24) is 9.91 Å². The molecule has 180 valence electrons. The van der Waals surface area contributed by atoms with Crippen LogP contribution < -0.4 is 4.74 Å². The van der Waals surface area contributed by atoms with Crippen molar-refractivity contribution in [3.63, 3.8) is 0 Å². The SMILES string of the molecule is CCOC(=O)[C@@H]1CCCN(CC(=O)N2N=C(c3cccc(F)c3)C[C@@H]2c2ccc(OC)cc2)C1. The number of halogens is 1. The Bertz CT molecular complexity index is 1060. The molecule has 0 radical (unpaired) electrons. The summed E-state index contributed by atoms with van der Waals surface area (Å²) in [4.78, 5) is 27.6. The molecule has 0 spiro atoms. The minimum atomic E-state index is -0.343. The van der Waals surface area contributed by atoms with Gasteiger partial charge in [-0.05, 0) is 56.1 Å². The van der Waals surface area contributed by atoms with Crippen LogP contribution in [0.15, 0.2) is 53.6 Å². The average Bonchev–Trinajstić information content (AvgIpc) is 3.30. The van der Waals surface area contributed by atoms with Gasteiger partial charge in [0.15, 0.2) is 0 Å². The molecule has 4 rings (SSSR count). The van der Waals surface area contributed by atoms with Gasteiger partial charge in [0.05, 0.1) is 37.9 Å². The molecule has 0 N–H and O–H groups in total. The molecule has 2 aliphatic heterocycles. The van der Waals surface area contributed by atoms with Gasteiger partial charge in [0, 0.05) is 18.5 Å². The highest BCUT2D eigenvalue weighted by Crippen LogP contribution is 2.34. The van der Waals surface area contributed by atoms with Crippen molar-refractivity contribution in [2.24, 2.45) is 11.0 Å². The monoisotopic (exact) mass is 467 g/mol. The molecule has 0 aromatic heterocycles. The number of carbonyl (C=O) groups is 2. The van der Waals surface area contributed by atoms with E-state index in [1.54, 1.807) is 26.2 Å². The maximum atomic E-state index is 13.9. The normalized spacial score (nSPS) is 20.7. The van der Waals surface area contributed by atoms with Crippen LogP contribution in [0.1, 0.15) is 43.4 Å². The number of ether oxygens (including phenoxy) is 2. The van der Waals surface area contributed by atoms with Crippen LogP contribution in [0.5, 0.6) is 5.75 Å². The molecule has 2 atom stereocenters. The van der Waals surface area contributed by atoms with Crippen LogP contribution >= 0.6 is 0 Å². The van der Waals surface area contributed by atoms with Crippen molar-refractivity contribution in [3.8, 4) is 5.75 Å². The molecule has 1 saturated heterocycles. The molecular formula is C26H30FN3O4. The molecular weight excluding hydrogens is 437 g/mol. The fourth-order valence-electron chi connectivity index (χ4n) is 4.58. The second-order valence-electron chi connectivity index (χ2n) is 8.61. The van der Waals surface area contributed by atoms with E-state index in [9.17, 15) is 14.0 Å². The third-order valence-electron chi connectivity index (χ3n) is 6.31. The average molecular weight is 468 g/mol. The molecule has 2 aromatic rings. The number of rotatable bonds is 7. The minimum Gasteiger partial charge on any atom is -0.497 e.